The quantitative estimate of drug-likeness (QED) is 0.878. The van der Waals surface area contributed by atoms with Gasteiger partial charge >= 0.3 is 0 Å². The molecule has 0 spiro atoms. The average Bonchev–Trinajstić information content (AvgIpc) is 2.85. The third-order valence-corrected chi connectivity index (χ3v) is 4.49. The first-order valence-corrected chi connectivity index (χ1v) is 7.22. The van der Waals surface area contributed by atoms with E-state index >= 15 is 0 Å². The maximum atomic E-state index is 9.42. The minimum Gasteiger partial charge on any atom is -0.396 e. The second kappa shape index (κ2) is 5.43. The van der Waals surface area contributed by atoms with Crippen molar-refractivity contribution in [1.82, 2.24) is 4.98 Å². The normalized spacial score (nSPS) is 14.7. The van der Waals surface area contributed by atoms with Gasteiger partial charge in [-0.3, -0.25) is 0 Å². The molecule has 2 aromatic rings. The molecule has 1 aromatic carbocycles. The Balaban J connectivity index is 2.26. The summed E-state index contributed by atoms with van der Waals surface area (Å²) in [6, 6.07) is 3.86. The molecule has 3 nitrogen and oxygen atoms in total. The zero-order chi connectivity index (χ0) is 13.2. The molecule has 0 radical (unpaired) electrons. The lowest BCUT2D eigenvalue weighted by molar-refractivity contribution is 0.149. The van der Waals surface area contributed by atoms with E-state index in [9.17, 15) is 5.11 Å². The van der Waals surface area contributed by atoms with Crippen LogP contribution in [0, 0.1) is 5.41 Å². The summed E-state index contributed by atoms with van der Waals surface area (Å²) < 4.78 is 1.11. The summed E-state index contributed by atoms with van der Waals surface area (Å²) in [7, 11) is 0. The Kier molecular flexibility index (Phi) is 4.10. The number of hydrogen-bond acceptors (Lipinski definition) is 4. The summed E-state index contributed by atoms with van der Waals surface area (Å²) in [6.45, 7) is 4.95. The molecule has 0 aliphatic heterocycles. The number of aliphatic hydroxyl groups is 1. The van der Waals surface area contributed by atoms with Gasteiger partial charge in [-0.1, -0.05) is 25.4 Å². The molecule has 2 N–H and O–H groups in total. The Morgan fingerprint density at radius 1 is 1.50 bits per heavy atom. The zero-order valence-electron chi connectivity index (χ0n) is 10.5. The third-order valence-electron chi connectivity index (χ3n) is 3.38. The van der Waals surface area contributed by atoms with Crippen LogP contribution in [0.4, 0.5) is 5.69 Å². The van der Waals surface area contributed by atoms with Crippen molar-refractivity contribution in [2.75, 3.05) is 18.5 Å². The van der Waals surface area contributed by atoms with E-state index in [2.05, 4.69) is 24.1 Å². The fourth-order valence-corrected chi connectivity index (χ4v) is 2.57. The highest BCUT2D eigenvalue weighted by atomic mass is 35.5. The summed E-state index contributed by atoms with van der Waals surface area (Å²) in [5.41, 5.74) is 3.45. The molecule has 0 saturated carbocycles. The number of rotatable bonds is 5. The highest BCUT2D eigenvalue weighted by Gasteiger charge is 2.21. The minimum atomic E-state index is -0.137. The van der Waals surface area contributed by atoms with E-state index in [4.69, 9.17) is 11.6 Å². The van der Waals surface area contributed by atoms with E-state index in [1.165, 1.54) is 0 Å². The lowest BCUT2D eigenvalue weighted by Gasteiger charge is -2.26. The van der Waals surface area contributed by atoms with Crippen molar-refractivity contribution in [2.45, 2.75) is 20.3 Å². The van der Waals surface area contributed by atoms with E-state index in [0.29, 0.717) is 11.6 Å². The van der Waals surface area contributed by atoms with E-state index in [1.807, 2.05) is 17.6 Å². The first-order valence-electron chi connectivity index (χ1n) is 5.96. The van der Waals surface area contributed by atoms with E-state index in [0.717, 1.165) is 22.3 Å². The van der Waals surface area contributed by atoms with E-state index in [-0.39, 0.29) is 12.0 Å². The van der Waals surface area contributed by atoms with Crippen LogP contribution in [0.5, 0.6) is 0 Å². The second-order valence-corrected chi connectivity index (χ2v) is 6.09. The van der Waals surface area contributed by atoms with Crippen LogP contribution in [0.25, 0.3) is 10.2 Å². The lowest BCUT2D eigenvalue weighted by atomic mass is 9.88. The maximum Gasteiger partial charge on any atom is 0.106 e. The summed E-state index contributed by atoms with van der Waals surface area (Å²) in [5.74, 6) is 0. The number of thiazole rings is 1. The van der Waals surface area contributed by atoms with Crippen LogP contribution in [0.1, 0.15) is 20.3 Å². The molecular weight excluding hydrogens is 268 g/mol. The Morgan fingerprint density at radius 3 is 2.94 bits per heavy atom. The molecule has 1 unspecified atom stereocenters. The summed E-state index contributed by atoms with van der Waals surface area (Å²) >= 11 is 7.81. The van der Waals surface area contributed by atoms with Crippen molar-refractivity contribution in [3.63, 3.8) is 0 Å². The Morgan fingerprint density at radius 2 is 2.28 bits per heavy atom. The standard InChI is InChI=1S/C13H17ClN2OS/c1-3-13(2,7-17)6-15-11-9(14)4-5-10-12(11)16-8-18-10/h4-5,8,15,17H,3,6-7H2,1-2H3. The Hall–Kier alpha value is -0.840. The number of aromatic nitrogens is 1. The molecule has 0 aliphatic rings. The van der Waals surface area contributed by atoms with Gasteiger partial charge in [0.1, 0.15) is 5.52 Å². The van der Waals surface area contributed by atoms with Gasteiger partial charge in [-0.05, 0) is 18.6 Å². The molecule has 0 fully saturated rings. The molecule has 0 saturated heterocycles. The molecule has 2 rings (SSSR count). The van der Waals surface area contributed by atoms with E-state index in [1.54, 1.807) is 11.3 Å². The van der Waals surface area contributed by atoms with Crippen LogP contribution in [0.2, 0.25) is 5.02 Å². The van der Waals surface area contributed by atoms with Gasteiger partial charge in [0.15, 0.2) is 0 Å². The molecular formula is C13H17ClN2OS. The van der Waals surface area contributed by atoms with Crippen LogP contribution in [0.15, 0.2) is 17.6 Å². The van der Waals surface area contributed by atoms with Crippen LogP contribution in [0.3, 0.4) is 0 Å². The maximum absolute atomic E-state index is 9.42. The predicted molar refractivity (Wildman–Crippen MR) is 78.6 cm³/mol. The molecule has 0 amide bonds. The fourth-order valence-electron chi connectivity index (χ4n) is 1.67. The Labute approximate surface area is 116 Å². The number of hydrogen-bond donors (Lipinski definition) is 2. The average molecular weight is 285 g/mol. The molecule has 1 heterocycles. The van der Waals surface area contributed by atoms with Crippen LogP contribution >= 0.6 is 22.9 Å². The molecule has 5 heteroatoms. The van der Waals surface area contributed by atoms with Crippen molar-refractivity contribution in [3.8, 4) is 0 Å². The largest absolute Gasteiger partial charge is 0.396 e. The minimum absolute atomic E-state index is 0.137. The van der Waals surface area contributed by atoms with Crippen LogP contribution in [-0.2, 0) is 0 Å². The Bertz CT molecular complexity index is 537. The number of aliphatic hydroxyl groups excluding tert-OH is 1. The number of fused-ring (bicyclic) bond motifs is 1. The zero-order valence-corrected chi connectivity index (χ0v) is 12.1. The SMILES string of the molecule is CCC(C)(CO)CNc1c(Cl)ccc2scnc12. The fraction of sp³-hybridized carbons (Fsp3) is 0.462. The van der Waals surface area contributed by atoms with Crippen molar-refractivity contribution in [3.05, 3.63) is 22.7 Å². The van der Waals surface area contributed by atoms with Crippen molar-refractivity contribution < 1.29 is 5.11 Å². The van der Waals surface area contributed by atoms with Crippen LogP contribution in [-0.4, -0.2) is 23.2 Å². The molecule has 18 heavy (non-hydrogen) atoms. The van der Waals surface area contributed by atoms with Gasteiger partial charge in [0.05, 0.1) is 27.5 Å². The molecule has 1 atom stereocenters. The highest BCUT2D eigenvalue weighted by molar-refractivity contribution is 7.16. The first kappa shape index (κ1) is 13.6. The second-order valence-electron chi connectivity index (χ2n) is 4.80. The lowest BCUT2D eigenvalue weighted by Crippen LogP contribution is -2.29. The summed E-state index contributed by atoms with van der Waals surface area (Å²) in [4.78, 5) is 4.34. The van der Waals surface area contributed by atoms with Gasteiger partial charge in [-0.25, -0.2) is 4.98 Å². The third kappa shape index (κ3) is 2.60. The topological polar surface area (TPSA) is 45.1 Å². The van der Waals surface area contributed by atoms with Crippen molar-refractivity contribution in [1.29, 1.82) is 0 Å². The van der Waals surface area contributed by atoms with Gasteiger partial charge in [0.25, 0.3) is 0 Å². The molecule has 1 aromatic heterocycles. The summed E-state index contributed by atoms with van der Waals surface area (Å²) in [6.07, 6.45) is 0.904. The smallest absolute Gasteiger partial charge is 0.106 e. The number of halogens is 1. The van der Waals surface area contributed by atoms with Gasteiger partial charge in [-0.15, -0.1) is 11.3 Å². The van der Waals surface area contributed by atoms with Gasteiger partial charge in [-0.2, -0.15) is 0 Å². The number of nitrogens with one attached hydrogen (secondary N) is 1. The van der Waals surface area contributed by atoms with Crippen molar-refractivity contribution >= 4 is 38.8 Å². The van der Waals surface area contributed by atoms with Crippen molar-refractivity contribution in [2.24, 2.45) is 5.41 Å². The number of benzene rings is 1. The van der Waals surface area contributed by atoms with Crippen LogP contribution < -0.4 is 5.32 Å². The summed E-state index contributed by atoms with van der Waals surface area (Å²) in [5, 5.41) is 13.4. The number of nitrogens with zero attached hydrogens (tertiary/aromatic N) is 1. The molecule has 0 aliphatic carbocycles. The monoisotopic (exact) mass is 284 g/mol. The molecule has 0 bridgehead atoms. The van der Waals surface area contributed by atoms with Gasteiger partial charge in [0.2, 0.25) is 0 Å². The highest BCUT2D eigenvalue weighted by Crippen LogP contribution is 2.33. The predicted octanol–water partition coefficient (Wildman–Crippen LogP) is 3.77. The van der Waals surface area contributed by atoms with Gasteiger partial charge in [0, 0.05) is 12.0 Å². The first-order chi connectivity index (χ1) is 8.59. The number of anilines is 1. The van der Waals surface area contributed by atoms with E-state index < -0.39 is 0 Å². The molecule has 98 valence electrons. The van der Waals surface area contributed by atoms with Gasteiger partial charge < -0.3 is 10.4 Å².